The Morgan fingerprint density at radius 3 is 2.63 bits per heavy atom. The highest BCUT2D eigenvalue weighted by Crippen LogP contribution is 2.27. The van der Waals surface area contributed by atoms with Gasteiger partial charge in [0.15, 0.2) is 6.10 Å². The van der Waals surface area contributed by atoms with Gasteiger partial charge < -0.3 is 15.8 Å². The van der Waals surface area contributed by atoms with Crippen molar-refractivity contribution in [1.29, 1.82) is 0 Å². The van der Waals surface area contributed by atoms with Crippen molar-refractivity contribution < 1.29 is 9.53 Å². The van der Waals surface area contributed by atoms with Crippen LogP contribution in [0.4, 0.5) is 0 Å². The summed E-state index contributed by atoms with van der Waals surface area (Å²) in [5.74, 6) is 0.818. The summed E-state index contributed by atoms with van der Waals surface area (Å²) in [5.41, 5.74) is 8.83. The van der Waals surface area contributed by atoms with Crippen LogP contribution in [0, 0.1) is 13.8 Å². The van der Waals surface area contributed by atoms with Gasteiger partial charge in [0.25, 0.3) is 5.91 Å². The Balaban J connectivity index is 2.20. The largest absolute Gasteiger partial charge is 0.480 e. The maximum absolute atomic E-state index is 11.9. The molecule has 0 spiro atoms. The van der Waals surface area contributed by atoms with Crippen LogP contribution in [0.25, 0.3) is 0 Å². The van der Waals surface area contributed by atoms with E-state index in [-0.39, 0.29) is 12.0 Å². The summed E-state index contributed by atoms with van der Waals surface area (Å²) in [4.78, 5) is 11.9. The number of hydrogen-bond acceptors (Lipinski definition) is 3. The molecule has 1 aromatic carbocycles. The zero-order valence-corrected chi connectivity index (χ0v) is 11.7. The zero-order chi connectivity index (χ0) is 13.8. The van der Waals surface area contributed by atoms with Gasteiger partial charge in [-0.3, -0.25) is 4.79 Å². The second-order valence-electron chi connectivity index (χ2n) is 5.16. The highest BCUT2D eigenvalue weighted by atomic mass is 16.5. The molecule has 4 nitrogen and oxygen atoms in total. The van der Waals surface area contributed by atoms with Crippen LogP contribution >= 0.6 is 0 Å². The van der Waals surface area contributed by atoms with E-state index in [9.17, 15) is 4.79 Å². The van der Waals surface area contributed by atoms with Crippen LogP contribution in [-0.2, 0) is 11.3 Å². The van der Waals surface area contributed by atoms with E-state index in [4.69, 9.17) is 10.5 Å². The third-order valence-electron chi connectivity index (χ3n) is 3.50. The van der Waals surface area contributed by atoms with Gasteiger partial charge in [0.1, 0.15) is 5.75 Å². The predicted octanol–water partition coefficient (Wildman–Crippen LogP) is 1.81. The van der Waals surface area contributed by atoms with Gasteiger partial charge in [0, 0.05) is 13.1 Å². The molecular weight excluding hydrogens is 240 g/mol. The summed E-state index contributed by atoms with van der Waals surface area (Å²) in [6.45, 7) is 5.26. The molecule has 1 atom stereocenters. The Hall–Kier alpha value is -1.55. The Labute approximate surface area is 114 Å². The lowest BCUT2D eigenvalue weighted by atomic mass is 10.1. The van der Waals surface area contributed by atoms with Gasteiger partial charge in [-0.25, -0.2) is 0 Å². The standard InChI is InChI=1S/C15H22N2O2/c1-10-7-12(9-16)8-11(2)14(10)19-13-5-3-4-6-17-15(13)18/h7-8,13H,3-6,9,16H2,1-2H3,(H,17,18). The van der Waals surface area contributed by atoms with Gasteiger partial charge in [0.05, 0.1) is 0 Å². The van der Waals surface area contributed by atoms with E-state index in [0.29, 0.717) is 6.54 Å². The molecule has 0 aliphatic carbocycles. The second kappa shape index (κ2) is 6.06. The first kappa shape index (κ1) is 13.9. The summed E-state index contributed by atoms with van der Waals surface area (Å²) < 4.78 is 5.96. The first-order chi connectivity index (χ1) is 9.11. The van der Waals surface area contributed by atoms with Gasteiger partial charge in [0.2, 0.25) is 0 Å². The lowest BCUT2D eigenvalue weighted by Gasteiger charge is -2.20. The van der Waals surface area contributed by atoms with Crippen molar-refractivity contribution in [3.8, 4) is 5.75 Å². The van der Waals surface area contributed by atoms with Crippen LogP contribution in [0.15, 0.2) is 12.1 Å². The molecule has 2 rings (SSSR count). The molecule has 19 heavy (non-hydrogen) atoms. The fourth-order valence-electron chi connectivity index (χ4n) is 2.51. The van der Waals surface area contributed by atoms with E-state index in [0.717, 1.165) is 48.2 Å². The lowest BCUT2D eigenvalue weighted by Crippen LogP contribution is -2.36. The quantitative estimate of drug-likeness (QED) is 0.873. The molecule has 1 heterocycles. The lowest BCUT2D eigenvalue weighted by molar-refractivity contribution is -0.127. The number of nitrogens with two attached hydrogens (primary N) is 1. The van der Waals surface area contributed by atoms with Crippen molar-refractivity contribution in [2.45, 2.75) is 45.8 Å². The fraction of sp³-hybridized carbons (Fsp3) is 0.533. The zero-order valence-electron chi connectivity index (χ0n) is 11.7. The number of benzene rings is 1. The first-order valence-electron chi connectivity index (χ1n) is 6.86. The van der Waals surface area contributed by atoms with Gasteiger partial charge in [-0.15, -0.1) is 0 Å². The Kier molecular flexibility index (Phi) is 4.43. The molecule has 1 aliphatic heterocycles. The van der Waals surface area contributed by atoms with Crippen molar-refractivity contribution in [2.24, 2.45) is 5.73 Å². The third-order valence-corrected chi connectivity index (χ3v) is 3.50. The van der Waals surface area contributed by atoms with Gasteiger partial charge in [-0.1, -0.05) is 12.1 Å². The minimum Gasteiger partial charge on any atom is -0.480 e. The topological polar surface area (TPSA) is 64.3 Å². The number of carbonyl (C=O) groups excluding carboxylic acids is 1. The van der Waals surface area contributed by atoms with Crippen molar-refractivity contribution in [2.75, 3.05) is 6.54 Å². The van der Waals surface area contributed by atoms with E-state index >= 15 is 0 Å². The van der Waals surface area contributed by atoms with Crippen LogP contribution in [0.2, 0.25) is 0 Å². The van der Waals surface area contributed by atoms with E-state index in [1.807, 2.05) is 26.0 Å². The minimum absolute atomic E-state index is 0.000739. The number of hydrogen-bond donors (Lipinski definition) is 2. The Morgan fingerprint density at radius 1 is 1.32 bits per heavy atom. The molecule has 1 unspecified atom stereocenters. The first-order valence-corrected chi connectivity index (χ1v) is 6.86. The van der Waals surface area contributed by atoms with Gasteiger partial charge in [-0.05, 0) is 49.8 Å². The molecular formula is C15H22N2O2. The van der Waals surface area contributed by atoms with E-state index in [1.165, 1.54) is 0 Å². The number of amides is 1. The molecule has 1 aliphatic rings. The number of carbonyl (C=O) groups is 1. The molecule has 0 aromatic heterocycles. The third kappa shape index (κ3) is 3.26. The molecule has 0 saturated carbocycles. The summed E-state index contributed by atoms with van der Waals surface area (Å²) in [6.07, 6.45) is 2.45. The molecule has 3 N–H and O–H groups in total. The summed E-state index contributed by atoms with van der Waals surface area (Å²) in [5, 5.41) is 2.89. The molecule has 1 saturated heterocycles. The van der Waals surface area contributed by atoms with Crippen LogP contribution in [-0.4, -0.2) is 18.6 Å². The average molecular weight is 262 g/mol. The molecule has 0 radical (unpaired) electrons. The molecule has 0 bridgehead atoms. The SMILES string of the molecule is Cc1cc(CN)cc(C)c1OC1CCCCNC1=O. The van der Waals surface area contributed by atoms with Crippen LogP contribution in [0.5, 0.6) is 5.75 Å². The van der Waals surface area contributed by atoms with Crippen molar-refractivity contribution in [3.63, 3.8) is 0 Å². The van der Waals surface area contributed by atoms with Crippen molar-refractivity contribution in [1.82, 2.24) is 5.32 Å². The van der Waals surface area contributed by atoms with Crippen LogP contribution in [0.3, 0.4) is 0 Å². The molecule has 1 amide bonds. The molecule has 104 valence electrons. The molecule has 1 aromatic rings. The highest BCUT2D eigenvalue weighted by molar-refractivity contribution is 5.81. The monoisotopic (exact) mass is 262 g/mol. The summed E-state index contributed by atoms with van der Waals surface area (Å²) in [6, 6.07) is 4.05. The fourth-order valence-corrected chi connectivity index (χ4v) is 2.51. The maximum atomic E-state index is 11.9. The number of rotatable bonds is 3. The van der Waals surface area contributed by atoms with E-state index < -0.39 is 0 Å². The van der Waals surface area contributed by atoms with Gasteiger partial charge in [-0.2, -0.15) is 0 Å². The van der Waals surface area contributed by atoms with Crippen molar-refractivity contribution in [3.05, 3.63) is 28.8 Å². The van der Waals surface area contributed by atoms with Crippen molar-refractivity contribution >= 4 is 5.91 Å². The van der Waals surface area contributed by atoms with E-state index in [1.54, 1.807) is 0 Å². The predicted molar refractivity (Wildman–Crippen MR) is 75.1 cm³/mol. The van der Waals surface area contributed by atoms with E-state index in [2.05, 4.69) is 5.32 Å². The number of ether oxygens (including phenoxy) is 1. The average Bonchev–Trinajstić information content (AvgIpc) is 2.58. The van der Waals surface area contributed by atoms with Crippen LogP contribution in [0.1, 0.15) is 36.0 Å². The second-order valence-corrected chi connectivity index (χ2v) is 5.16. The number of nitrogens with one attached hydrogen (secondary N) is 1. The summed E-state index contributed by atoms with van der Waals surface area (Å²) in [7, 11) is 0. The number of aryl methyl sites for hydroxylation is 2. The Morgan fingerprint density at radius 2 is 2.00 bits per heavy atom. The normalized spacial score (nSPS) is 19.7. The molecule has 1 fully saturated rings. The Bertz CT molecular complexity index is 448. The highest BCUT2D eigenvalue weighted by Gasteiger charge is 2.23. The minimum atomic E-state index is -0.372. The smallest absolute Gasteiger partial charge is 0.261 e. The summed E-state index contributed by atoms with van der Waals surface area (Å²) >= 11 is 0. The van der Waals surface area contributed by atoms with Crippen LogP contribution < -0.4 is 15.8 Å². The maximum Gasteiger partial charge on any atom is 0.261 e. The van der Waals surface area contributed by atoms with Gasteiger partial charge >= 0.3 is 0 Å². The molecule has 4 heteroatoms.